The topological polar surface area (TPSA) is 40.5 Å². The Hall–Kier alpha value is -0.570. The molecule has 0 atom stereocenters. The number of hydrogen-bond donors (Lipinski definition) is 1. The van der Waals surface area contributed by atoms with E-state index < -0.39 is 11.4 Å². The molecule has 1 saturated heterocycles. The van der Waals surface area contributed by atoms with E-state index in [4.69, 9.17) is 5.11 Å². The zero-order valence-electron chi connectivity index (χ0n) is 9.42. The Morgan fingerprint density at radius 2 is 1.93 bits per heavy atom. The van der Waals surface area contributed by atoms with E-state index in [1.54, 1.807) is 13.8 Å². The van der Waals surface area contributed by atoms with Gasteiger partial charge in [0.1, 0.15) is 0 Å². The number of carbonyl (C=O) groups is 1. The summed E-state index contributed by atoms with van der Waals surface area (Å²) in [6, 6.07) is 0. The van der Waals surface area contributed by atoms with Crippen LogP contribution in [0.1, 0.15) is 33.6 Å². The number of likely N-dealkylation sites (tertiary alicyclic amines) is 1. The zero-order chi connectivity index (χ0) is 10.8. The van der Waals surface area contributed by atoms with Crippen LogP contribution in [0.15, 0.2) is 0 Å². The van der Waals surface area contributed by atoms with Crippen molar-refractivity contribution in [2.75, 3.05) is 19.6 Å². The van der Waals surface area contributed by atoms with Crippen molar-refractivity contribution in [1.29, 1.82) is 0 Å². The Balaban J connectivity index is 2.41. The first-order chi connectivity index (χ1) is 6.42. The van der Waals surface area contributed by atoms with Gasteiger partial charge in [-0.2, -0.15) is 0 Å². The second kappa shape index (κ2) is 4.30. The third-order valence-corrected chi connectivity index (χ3v) is 3.07. The van der Waals surface area contributed by atoms with Crippen molar-refractivity contribution in [2.24, 2.45) is 11.3 Å². The van der Waals surface area contributed by atoms with Crippen LogP contribution in [0, 0.1) is 11.3 Å². The Kier molecular flexibility index (Phi) is 3.53. The number of carboxylic acids is 1. The molecule has 1 heterocycles. The maximum atomic E-state index is 10.9. The van der Waals surface area contributed by atoms with E-state index in [9.17, 15) is 4.79 Å². The second-order valence-electron chi connectivity index (χ2n) is 5.15. The van der Waals surface area contributed by atoms with E-state index in [1.165, 1.54) is 12.8 Å². The molecule has 1 aliphatic rings. The SMILES string of the molecule is CC1CCN(CC(C)(C)C(=O)O)CC1. The molecule has 0 bridgehead atoms. The molecule has 0 saturated carbocycles. The number of aliphatic carboxylic acids is 1. The van der Waals surface area contributed by atoms with E-state index in [-0.39, 0.29) is 0 Å². The maximum absolute atomic E-state index is 10.9. The average Bonchev–Trinajstić information content (AvgIpc) is 2.08. The van der Waals surface area contributed by atoms with Gasteiger partial charge in [0.15, 0.2) is 0 Å². The van der Waals surface area contributed by atoms with E-state index in [2.05, 4.69) is 11.8 Å². The molecule has 1 rings (SSSR count). The Morgan fingerprint density at radius 3 is 2.36 bits per heavy atom. The van der Waals surface area contributed by atoms with Crippen molar-refractivity contribution in [3.8, 4) is 0 Å². The van der Waals surface area contributed by atoms with Crippen LogP contribution in [0.3, 0.4) is 0 Å². The summed E-state index contributed by atoms with van der Waals surface area (Å²) in [6.45, 7) is 8.64. The van der Waals surface area contributed by atoms with Crippen molar-refractivity contribution >= 4 is 5.97 Å². The molecular weight excluding hydrogens is 178 g/mol. The van der Waals surface area contributed by atoms with Gasteiger partial charge in [0.2, 0.25) is 0 Å². The molecule has 3 nitrogen and oxygen atoms in total. The van der Waals surface area contributed by atoms with Crippen LogP contribution in [0.25, 0.3) is 0 Å². The first-order valence-electron chi connectivity index (χ1n) is 5.37. The molecule has 1 aliphatic heterocycles. The molecule has 1 N–H and O–H groups in total. The summed E-state index contributed by atoms with van der Waals surface area (Å²) >= 11 is 0. The smallest absolute Gasteiger partial charge is 0.310 e. The fraction of sp³-hybridized carbons (Fsp3) is 0.909. The standard InChI is InChI=1S/C11H21NO2/c1-9-4-6-12(7-5-9)8-11(2,3)10(13)14/h9H,4-8H2,1-3H3,(H,13,14). The highest BCUT2D eigenvalue weighted by Crippen LogP contribution is 2.22. The molecule has 0 radical (unpaired) electrons. The highest BCUT2D eigenvalue weighted by atomic mass is 16.4. The Morgan fingerprint density at radius 1 is 1.43 bits per heavy atom. The fourth-order valence-electron chi connectivity index (χ4n) is 1.85. The van der Waals surface area contributed by atoms with Crippen LogP contribution >= 0.6 is 0 Å². The molecule has 0 unspecified atom stereocenters. The predicted octanol–water partition coefficient (Wildman–Crippen LogP) is 1.83. The normalized spacial score (nSPS) is 21.1. The molecule has 0 spiro atoms. The molecule has 14 heavy (non-hydrogen) atoms. The summed E-state index contributed by atoms with van der Waals surface area (Å²) in [5, 5.41) is 9.00. The van der Waals surface area contributed by atoms with Gasteiger partial charge in [0.05, 0.1) is 5.41 Å². The lowest BCUT2D eigenvalue weighted by Gasteiger charge is -2.34. The van der Waals surface area contributed by atoms with Crippen LogP contribution < -0.4 is 0 Å². The van der Waals surface area contributed by atoms with Crippen LogP contribution in [0.5, 0.6) is 0 Å². The molecule has 1 fully saturated rings. The number of rotatable bonds is 3. The van der Waals surface area contributed by atoms with Crippen LogP contribution in [0.2, 0.25) is 0 Å². The van der Waals surface area contributed by atoms with E-state index in [0.717, 1.165) is 19.0 Å². The maximum Gasteiger partial charge on any atom is 0.310 e. The van der Waals surface area contributed by atoms with Gasteiger partial charge in [-0.1, -0.05) is 6.92 Å². The number of piperidine rings is 1. The quantitative estimate of drug-likeness (QED) is 0.754. The minimum atomic E-state index is -0.698. The lowest BCUT2D eigenvalue weighted by atomic mass is 9.91. The van der Waals surface area contributed by atoms with Crippen molar-refractivity contribution in [1.82, 2.24) is 4.90 Å². The van der Waals surface area contributed by atoms with Crippen molar-refractivity contribution in [3.05, 3.63) is 0 Å². The number of nitrogens with zero attached hydrogens (tertiary/aromatic N) is 1. The summed E-state index contributed by atoms with van der Waals surface area (Å²) in [4.78, 5) is 13.2. The molecule has 3 heteroatoms. The van der Waals surface area contributed by atoms with Crippen molar-refractivity contribution in [3.63, 3.8) is 0 Å². The molecule has 0 aromatic rings. The minimum Gasteiger partial charge on any atom is -0.481 e. The molecule has 0 aromatic heterocycles. The Labute approximate surface area is 86.1 Å². The van der Waals surface area contributed by atoms with Crippen LogP contribution in [0.4, 0.5) is 0 Å². The number of hydrogen-bond acceptors (Lipinski definition) is 2. The highest BCUT2D eigenvalue weighted by Gasteiger charge is 2.30. The van der Waals surface area contributed by atoms with Gasteiger partial charge in [-0.05, 0) is 45.7 Å². The summed E-state index contributed by atoms with van der Waals surface area (Å²) in [7, 11) is 0. The molecule has 0 amide bonds. The van der Waals surface area contributed by atoms with E-state index >= 15 is 0 Å². The summed E-state index contributed by atoms with van der Waals surface area (Å²) in [5.74, 6) is 0.107. The van der Waals surface area contributed by atoms with Gasteiger partial charge in [-0.25, -0.2) is 0 Å². The molecular formula is C11H21NO2. The second-order valence-corrected chi connectivity index (χ2v) is 5.15. The first kappa shape index (κ1) is 11.5. The summed E-state index contributed by atoms with van der Waals surface area (Å²) in [5.41, 5.74) is -0.611. The summed E-state index contributed by atoms with van der Waals surface area (Å²) < 4.78 is 0. The number of carboxylic acid groups (broad SMARTS) is 1. The van der Waals surface area contributed by atoms with E-state index in [1.807, 2.05) is 0 Å². The lowest BCUT2D eigenvalue weighted by Crippen LogP contribution is -2.42. The van der Waals surface area contributed by atoms with E-state index in [0.29, 0.717) is 6.54 Å². The van der Waals surface area contributed by atoms with Crippen molar-refractivity contribution in [2.45, 2.75) is 33.6 Å². The Bertz CT molecular complexity index is 205. The minimum absolute atomic E-state index is 0.611. The third kappa shape index (κ3) is 2.98. The highest BCUT2D eigenvalue weighted by molar-refractivity contribution is 5.73. The van der Waals surface area contributed by atoms with Crippen molar-refractivity contribution < 1.29 is 9.90 Å². The average molecular weight is 199 g/mol. The van der Waals surface area contributed by atoms with Gasteiger partial charge >= 0.3 is 5.97 Å². The van der Waals surface area contributed by atoms with Gasteiger partial charge in [0, 0.05) is 6.54 Å². The predicted molar refractivity (Wildman–Crippen MR) is 56.3 cm³/mol. The monoisotopic (exact) mass is 199 g/mol. The van der Waals surface area contributed by atoms with Crippen LogP contribution in [-0.2, 0) is 4.79 Å². The zero-order valence-corrected chi connectivity index (χ0v) is 9.42. The lowest BCUT2D eigenvalue weighted by molar-refractivity contribution is -0.148. The van der Waals surface area contributed by atoms with Gasteiger partial charge in [-0.15, -0.1) is 0 Å². The fourth-order valence-corrected chi connectivity index (χ4v) is 1.85. The first-order valence-corrected chi connectivity index (χ1v) is 5.37. The summed E-state index contributed by atoms with van der Waals surface area (Å²) in [6.07, 6.45) is 2.41. The third-order valence-electron chi connectivity index (χ3n) is 3.07. The molecule has 0 aliphatic carbocycles. The largest absolute Gasteiger partial charge is 0.481 e. The van der Waals surface area contributed by atoms with Gasteiger partial charge < -0.3 is 10.0 Å². The van der Waals surface area contributed by atoms with Gasteiger partial charge in [0.25, 0.3) is 0 Å². The molecule has 0 aromatic carbocycles. The van der Waals surface area contributed by atoms with Gasteiger partial charge in [-0.3, -0.25) is 4.79 Å². The molecule has 82 valence electrons. The van der Waals surface area contributed by atoms with Crippen LogP contribution in [-0.4, -0.2) is 35.6 Å².